The lowest BCUT2D eigenvalue weighted by Gasteiger charge is -2.25. The minimum Gasteiger partial charge on any atom is -0.461 e. The van der Waals surface area contributed by atoms with Gasteiger partial charge in [0.25, 0.3) is 0 Å². The van der Waals surface area contributed by atoms with Gasteiger partial charge in [-0.3, -0.25) is 13.9 Å². The zero-order valence-corrected chi connectivity index (χ0v) is 12.8. The van der Waals surface area contributed by atoms with E-state index in [1.807, 2.05) is 0 Å². The van der Waals surface area contributed by atoms with Gasteiger partial charge in [-0.2, -0.15) is 0 Å². The first kappa shape index (κ1) is 18.8. The van der Waals surface area contributed by atoms with Crippen molar-refractivity contribution in [3.05, 3.63) is 0 Å². The van der Waals surface area contributed by atoms with Gasteiger partial charge in [0, 0.05) is 0 Å². The minimum atomic E-state index is -4.55. The van der Waals surface area contributed by atoms with Crippen LogP contribution < -0.4 is 0 Å². The number of rotatable bonds is 7. The molecule has 8 nitrogen and oxygen atoms in total. The first-order valence-corrected chi connectivity index (χ1v) is 9.16. The van der Waals surface area contributed by atoms with Crippen LogP contribution in [0.25, 0.3) is 0 Å². The molecule has 4 N–H and O–H groups in total. The molecule has 10 heteroatoms. The Morgan fingerprint density at radius 1 is 1.11 bits per heavy atom. The summed E-state index contributed by atoms with van der Waals surface area (Å²) in [6.07, 6.45) is -2.92. The average molecular weight is 318 g/mol. The van der Waals surface area contributed by atoms with Gasteiger partial charge in [0.1, 0.15) is 6.10 Å². The summed E-state index contributed by atoms with van der Waals surface area (Å²) < 4.78 is 26.6. The zero-order valence-electron chi connectivity index (χ0n) is 11.0. The van der Waals surface area contributed by atoms with Crippen molar-refractivity contribution >= 4 is 21.2 Å². The second kappa shape index (κ2) is 6.48. The van der Waals surface area contributed by atoms with E-state index < -0.39 is 45.0 Å². The molecule has 0 aliphatic carbocycles. The van der Waals surface area contributed by atoms with Crippen molar-refractivity contribution in [3.63, 3.8) is 0 Å². The third-order valence-electron chi connectivity index (χ3n) is 2.59. The molecular formula is C9H20O8P2. The second-order valence-electron chi connectivity index (χ2n) is 4.96. The summed E-state index contributed by atoms with van der Waals surface area (Å²) in [5, 5.41) is 0. The molecule has 0 unspecified atom stereocenters. The van der Waals surface area contributed by atoms with E-state index in [0.29, 0.717) is 6.42 Å². The van der Waals surface area contributed by atoms with Gasteiger partial charge in [-0.15, -0.1) is 0 Å². The Bertz CT molecular complexity index is 382. The Balaban J connectivity index is 4.92. The Hall–Kier alpha value is -0.230. The lowest BCUT2D eigenvalue weighted by atomic mass is 9.91. The number of carbonyl (C=O) groups is 1. The highest BCUT2D eigenvalue weighted by Gasteiger charge is 2.35. The van der Waals surface area contributed by atoms with Crippen LogP contribution in [0.15, 0.2) is 0 Å². The van der Waals surface area contributed by atoms with Gasteiger partial charge in [0.2, 0.25) is 0 Å². The SMILES string of the molecule is CCC(C)(C)C(=O)OC(CP(=O)(O)O)CP(=O)(O)O. The van der Waals surface area contributed by atoms with E-state index in [2.05, 4.69) is 0 Å². The van der Waals surface area contributed by atoms with E-state index in [-0.39, 0.29) is 0 Å². The molecule has 0 saturated carbocycles. The molecule has 0 bridgehead atoms. The summed E-state index contributed by atoms with van der Waals surface area (Å²) in [6.45, 7) is 4.87. The Kier molecular flexibility index (Phi) is 6.40. The van der Waals surface area contributed by atoms with Crippen LogP contribution in [-0.2, 0) is 18.7 Å². The number of hydrogen-bond acceptors (Lipinski definition) is 4. The summed E-state index contributed by atoms with van der Waals surface area (Å²) in [5.41, 5.74) is -0.887. The second-order valence-corrected chi connectivity index (χ2v) is 8.35. The summed E-state index contributed by atoms with van der Waals surface area (Å²) in [6, 6.07) is 0. The van der Waals surface area contributed by atoms with Gasteiger partial charge < -0.3 is 24.3 Å². The van der Waals surface area contributed by atoms with Gasteiger partial charge >= 0.3 is 21.2 Å². The molecule has 0 radical (unpaired) electrons. The molecule has 0 saturated heterocycles. The number of hydrogen-bond donors (Lipinski definition) is 4. The fourth-order valence-corrected chi connectivity index (χ4v) is 2.79. The molecule has 0 aromatic heterocycles. The lowest BCUT2D eigenvalue weighted by molar-refractivity contribution is -0.157. The molecule has 0 fully saturated rings. The monoisotopic (exact) mass is 318 g/mol. The molecule has 0 aromatic carbocycles. The van der Waals surface area contributed by atoms with Crippen molar-refractivity contribution in [1.29, 1.82) is 0 Å². The average Bonchev–Trinajstić information content (AvgIpc) is 2.11. The highest BCUT2D eigenvalue weighted by Crippen LogP contribution is 2.42. The standard InChI is InChI=1S/C9H20O8P2/c1-4-9(2,3)8(10)17-7(5-18(11,12)13)6-19(14,15)16/h7H,4-6H2,1-3H3,(H2,11,12,13)(H2,14,15,16). The van der Waals surface area contributed by atoms with Crippen LogP contribution in [0.3, 0.4) is 0 Å². The third kappa shape index (κ3) is 8.52. The van der Waals surface area contributed by atoms with Crippen molar-refractivity contribution in [2.45, 2.75) is 33.3 Å². The van der Waals surface area contributed by atoms with Crippen LogP contribution in [-0.4, -0.2) is 44.0 Å². The molecule has 0 spiro atoms. The van der Waals surface area contributed by atoms with Crippen LogP contribution in [0, 0.1) is 5.41 Å². The molecule has 0 atom stereocenters. The van der Waals surface area contributed by atoms with Gasteiger partial charge in [-0.25, -0.2) is 0 Å². The molecular weight excluding hydrogens is 298 g/mol. The van der Waals surface area contributed by atoms with Crippen molar-refractivity contribution in [2.75, 3.05) is 12.3 Å². The van der Waals surface area contributed by atoms with Gasteiger partial charge in [0.05, 0.1) is 17.7 Å². The topological polar surface area (TPSA) is 141 Å². The quantitative estimate of drug-likeness (QED) is 0.397. The van der Waals surface area contributed by atoms with Gasteiger partial charge in [0.15, 0.2) is 0 Å². The third-order valence-corrected chi connectivity index (χ3v) is 4.36. The summed E-state index contributed by atoms with van der Waals surface area (Å²) in [7, 11) is -9.09. The summed E-state index contributed by atoms with van der Waals surface area (Å²) >= 11 is 0. The Labute approximate surface area is 111 Å². The normalized spacial score (nSPS) is 13.7. The maximum absolute atomic E-state index is 11.7. The molecule has 0 amide bonds. The maximum atomic E-state index is 11.7. The van der Waals surface area contributed by atoms with Crippen LogP contribution in [0.5, 0.6) is 0 Å². The molecule has 0 aliphatic rings. The molecule has 0 aliphatic heterocycles. The molecule has 19 heavy (non-hydrogen) atoms. The predicted octanol–water partition coefficient (Wildman–Crippen LogP) is 0.690. The van der Waals surface area contributed by atoms with Crippen LogP contribution in [0.2, 0.25) is 0 Å². The van der Waals surface area contributed by atoms with Crippen molar-refractivity contribution in [2.24, 2.45) is 5.41 Å². The predicted molar refractivity (Wildman–Crippen MR) is 67.8 cm³/mol. The Morgan fingerprint density at radius 3 is 1.74 bits per heavy atom. The van der Waals surface area contributed by atoms with Gasteiger partial charge in [-0.05, 0) is 20.3 Å². The summed E-state index contributed by atoms with van der Waals surface area (Å²) in [5.74, 6) is -0.748. The first-order chi connectivity index (χ1) is 8.27. The highest BCUT2D eigenvalue weighted by atomic mass is 31.2. The smallest absolute Gasteiger partial charge is 0.329 e. The van der Waals surface area contributed by atoms with E-state index in [1.54, 1.807) is 20.8 Å². The van der Waals surface area contributed by atoms with Crippen LogP contribution in [0.1, 0.15) is 27.2 Å². The molecule has 0 rings (SSSR count). The van der Waals surface area contributed by atoms with E-state index in [1.165, 1.54) is 0 Å². The first-order valence-electron chi connectivity index (χ1n) is 5.57. The fraction of sp³-hybridized carbons (Fsp3) is 0.889. The zero-order chi connectivity index (χ0) is 15.5. The van der Waals surface area contributed by atoms with E-state index in [0.717, 1.165) is 0 Å². The number of esters is 1. The largest absolute Gasteiger partial charge is 0.461 e. The maximum Gasteiger partial charge on any atom is 0.329 e. The fourth-order valence-electron chi connectivity index (χ4n) is 1.12. The number of carbonyl (C=O) groups excluding carboxylic acids is 1. The summed E-state index contributed by atoms with van der Waals surface area (Å²) in [4.78, 5) is 47.0. The lowest BCUT2D eigenvalue weighted by Crippen LogP contribution is -2.33. The Morgan fingerprint density at radius 2 is 1.47 bits per heavy atom. The molecule has 114 valence electrons. The highest BCUT2D eigenvalue weighted by molar-refractivity contribution is 7.53. The van der Waals surface area contributed by atoms with E-state index in [9.17, 15) is 13.9 Å². The van der Waals surface area contributed by atoms with Gasteiger partial charge in [-0.1, -0.05) is 6.92 Å². The van der Waals surface area contributed by atoms with E-state index in [4.69, 9.17) is 24.3 Å². The molecule has 0 aromatic rings. The number of ether oxygens (including phenoxy) is 1. The van der Waals surface area contributed by atoms with Crippen molar-refractivity contribution < 1.29 is 38.2 Å². The van der Waals surface area contributed by atoms with E-state index >= 15 is 0 Å². The minimum absolute atomic E-state index is 0.421. The van der Waals surface area contributed by atoms with Crippen molar-refractivity contribution in [3.8, 4) is 0 Å². The molecule has 0 heterocycles. The van der Waals surface area contributed by atoms with Crippen LogP contribution >= 0.6 is 15.2 Å². The van der Waals surface area contributed by atoms with Crippen LogP contribution in [0.4, 0.5) is 0 Å². The van der Waals surface area contributed by atoms with Crippen molar-refractivity contribution in [1.82, 2.24) is 0 Å².